The molecule has 0 bridgehead atoms. The summed E-state index contributed by atoms with van der Waals surface area (Å²) in [6, 6.07) is 8.51. The Morgan fingerprint density at radius 3 is 2.63 bits per heavy atom. The highest BCUT2D eigenvalue weighted by Crippen LogP contribution is 2.27. The number of hydrogen-bond donors (Lipinski definition) is 1. The van der Waals surface area contributed by atoms with E-state index in [0.717, 1.165) is 39.1 Å². The second kappa shape index (κ2) is 10.4. The van der Waals surface area contributed by atoms with Crippen LogP contribution in [-0.4, -0.2) is 26.3 Å². The molecule has 0 radical (unpaired) electrons. The number of benzene rings is 1. The van der Waals surface area contributed by atoms with Gasteiger partial charge >= 0.3 is 0 Å². The largest absolute Gasteiger partial charge is 0.381 e. The Morgan fingerprint density at radius 1 is 1.16 bits per heavy atom. The third-order valence-corrected chi connectivity index (χ3v) is 3.84. The van der Waals surface area contributed by atoms with Gasteiger partial charge in [0.05, 0.1) is 0 Å². The third kappa shape index (κ3) is 6.55. The van der Waals surface area contributed by atoms with Crippen LogP contribution < -0.4 is 5.32 Å². The molecule has 0 saturated carbocycles. The Kier molecular flexibility index (Phi) is 9.14. The van der Waals surface area contributed by atoms with Crippen molar-refractivity contribution in [3.05, 3.63) is 34.3 Å². The van der Waals surface area contributed by atoms with Crippen LogP contribution in [0, 0.1) is 0 Å². The number of rotatable bonds is 10. The topological polar surface area (TPSA) is 21.3 Å². The Balaban J connectivity index is 2.55. The molecule has 1 aromatic rings. The van der Waals surface area contributed by atoms with E-state index in [-0.39, 0.29) is 0 Å². The molecular weight excluding hydrogens is 302 g/mol. The van der Waals surface area contributed by atoms with E-state index in [2.05, 4.69) is 59.4 Å². The van der Waals surface area contributed by atoms with E-state index in [4.69, 9.17) is 4.74 Å². The zero-order valence-corrected chi connectivity index (χ0v) is 13.7. The van der Waals surface area contributed by atoms with Crippen LogP contribution in [0.5, 0.6) is 0 Å². The number of hydrogen-bond acceptors (Lipinski definition) is 2. The number of halogens is 1. The molecule has 0 aliphatic heterocycles. The molecule has 19 heavy (non-hydrogen) atoms. The quantitative estimate of drug-likeness (QED) is 0.645. The molecule has 0 heterocycles. The van der Waals surface area contributed by atoms with Crippen molar-refractivity contribution in [1.29, 1.82) is 0 Å². The monoisotopic (exact) mass is 327 g/mol. The molecule has 3 heteroatoms. The van der Waals surface area contributed by atoms with Crippen LogP contribution in [0.2, 0.25) is 0 Å². The third-order valence-electron chi connectivity index (χ3n) is 3.12. The normalized spacial score (nSPS) is 12.6. The van der Waals surface area contributed by atoms with Crippen molar-refractivity contribution in [2.75, 3.05) is 26.3 Å². The second-order valence-corrected chi connectivity index (χ2v) is 5.68. The van der Waals surface area contributed by atoms with Crippen molar-refractivity contribution in [1.82, 2.24) is 5.32 Å². The van der Waals surface area contributed by atoms with Crippen molar-refractivity contribution in [3.63, 3.8) is 0 Å². The highest BCUT2D eigenvalue weighted by Gasteiger charge is 2.13. The van der Waals surface area contributed by atoms with Crippen LogP contribution in [0.3, 0.4) is 0 Å². The fourth-order valence-corrected chi connectivity index (χ4v) is 2.71. The van der Waals surface area contributed by atoms with Gasteiger partial charge in [0.15, 0.2) is 0 Å². The number of ether oxygens (including phenoxy) is 1. The molecule has 0 aliphatic rings. The van der Waals surface area contributed by atoms with Crippen LogP contribution in [-0.2, 0) is 4.74 Å². The minimum Gasteiger partial charge on any atom is -0.381 e. The van der Waals surface area contributed by atoms with Gasteiger partial charge in [-0.25, -0.2) is 0 Å². The summed E-state index contributed by atoms with van der Waals surface area (Å²) in [5, 5.41) is 3.53. The van der Waals surface area contributed by atoms with E-state index in [9.17, 15) is 0 Å². The van der Waals surface area contributed by atoms with Gasteiger partial charge in [0.1, 0.15) is 0 Å². The zero-order valence-electron chi connectivity index (χ0n) is 12.1. The lowest BCUT2D eigenvalue weighted by molar-refractivity contribution is 0.127. The lowest BCUT2D eigenvalue weighted by Crippen LogP contribution is -2.23. The summed E-state index contributed by atoms with van der Waals surface area (Å²) in [5.74, 6) is 0.513. The Labute approximate surface area is 126 Å². The molecule has 1 N–H and O–H groups in total. The van der Waals surface area contributed by atoms with Crippen LogP contribution in [0.15, 0.2) is 28.7 Å². The number of nitrogens with one attached hydrogen (secondary N) is 1. The molecule has 108 valence electrons. The van der Waals surface area contributed by atoms with E-state index >= 15 is 0 Å². The Bertz CT molecular complexity index is 343. The fraction of sp³-hybridized carbons (Fsp3) is 0.625. The molecule has 1 aromatic carbocycles. The van der Waals surface area contributed by atoms with E-state index in [1.54, 1.807) is 0 Å². The van der Waals surface area contributed by atoms with Gasteiger partial charge in [-0.05, 0) is 43.4 Å². The van der Waals surface area contributed by atoms with Gasteiger partial charge in [-0.1, -0.05) is 48.0 Å². The van der Waals surface area contributed by atoms with Gasteiger partial charge in [0.25, 0.3) is 0 Å². The Morgan fingerprint density at radius 2 is 1.95 bits per heavy atom. The first kappa shape index (κ1) is 16.7. The Hall–Kier alpha value is -0.380. The van der Waals surface area contributed by atoms with Crippen molar-refractivity contribution in [2.45, 2.75) is 39.0 Å². The summed E-state index contributed by atoms with van der Waals surface area (Å²) in [7, 11) is 0. The molecule has 0 amide bonds. The molecule has 1 atom stereocenters. The minimum absolute atomic E-state index is 0.513. The standard InChI is InChI=1S/C16H26BrNO/c1-3-10-18-13-14(9-12-19-11-4-2)15-7-5-6-8-16(15)17/h5-8,14,18H,3-4,9-13H2,1-2H3. The molecule has 1 unspecified atom stereocenters. The maximum Gasteiger partial charge on any atom is 0.0472 e. The van der Waals surface area contributed by atoms with Crippen molar-refractivity contribution in [2.24, 2.45) is 0 Å². The first-order valence-corrected chi connectivity index (χ1v) is 8.11. The van der Waals surface area contributed by atoms with Crippen LogP contribution in [0.25, 0.3) is 0 Å². The van der Waals surface area contributed by atoms with Gasteiger partial charge in [-0.3, -0.25) is 0 Å². The maximum absolute atomic E-state index is 5.64. The predicted molar refractivity (Wildman–Crippen MR) is 85.8 cm³/mol. The smallest absolute Gasteiger partial charge is 0.0472 e. The first-order valence-electron chi connectivity index (χ1n) is 7.32. The summed E-state index contributed by atoms with van der Waals surface area (Å²) >= 11 is 3.66. The van der Waals surface area contributed by atoms with Crippen LogP contribution in [0.1, 0.15) is 44.6 Å². The molecule has 0 fully saturated rings. The van der Waals surface area contributed by atoms with Crippen molar-refractivity contribution >= 4 is 15.9 Å². The van der Waals surface area contributed by atoms with Crippen LogP contribution >= 0.6 is 15.9 Å². The maximum atomic E-state index is 5.64. The molecular formula is C16H26BrNO. The lowest BCUT2D eigenvalue weighted by Gasteiger charge is -2.19. The fourth-order valence-electron chi connectivity index (χ4n) is 2.10. The summed E-state index contributed by atoms with van der Waals surface area (Å²) < 4.78 is 6.84. The van der Waals surface area contributed by atoms with E-state index in [1.807, 2.05) is 0 Å². The van der Waals surface area contributed by atoms with Gasteiger partial charge < -0.3 is 10.1 Å². The molecule has 1 rings (SSSR count). The van der Waals surface area contributed by atoms with Gasteiger partial charge in [-0.2, -0.15) is 0 Å². The predicted octanol–water partition coefficient (Wildman–Crippen LogP) is 4.35. The minimum atomic E-state index is 0.513. The molecule has 2 nitrogen and oxygen atoms in total. The molecule has 0 spiro atoms. The van der Waals surface area contributed by atoms with E-state index in [0.29, 0.717) is 5.92 Å². The first-order chi connectivity index (χ1) is 9.29. The summed E-state index contributed by atoms with van der Waals surface area (Å²) in [4.78, 5) is 0. The lowest BCUT2D eigenvalue weighted by atomic mass is 9.96. The highest BCUT2D eigenvalue weighted by molar-refractivity contribution is 9.10. The average molecular weight is 328 g/mol. The van der Waals surface area contributed by atoms with E-state index in [1.165, 1.54) is 16.5 Å². The van der Waals surface area contributed by atoms with Gasteiger partial charge in [0, 0.05) is 24.2 Å². The van der Waals surface area contributed by atoms with Crippen molar-refractivity contribution in [3.8, 4) is 0 Å². The molecule has 0 aliphatic carbocycles. The molecule has 0 aromatic heterocycles. The molecule has 0 saturated heterocycles. The van der Waals surface area contributed by atoms with E-state index < -0.39 is 0 Å². The summed E-state index contributed by atoms with van der Waals surface area (Å²) in [6.07, 6.45) is 3.34. The average Bonchev–Trinajstić information content (AvgIpc) is 2.42. The summed E-state index contributed by atoms with van der Waals surface area (Å²) in [5.41, 5.74) is 1.38. The SMILES string of the molecule is CCCNCC(CCOCCC)c1ccccc1Br. The van der Waals surface area contributed by atoms with Gasteiger partial charge in [-0.15, -0.1) is 0 Å². The van der Waals surface area contributed by atoms with Gasteiger partial charge in [0.2, 0.25) is 0 Å². The van der Waals surface area contributed by atoms with Crippen molar-refractivity contribution < 1.29 is 4.74 Å². The highest BCUT2D eigenvalue weighted by atomic mass is 79.9. The van der Waals surface area contributed by atoms with Crippen LogP contribution in [0.4, 0.5) is 0 Å². The zero-order chi connectivity index (χ0) is 13.9. The summed E-state index contributed by atoms with van der Waals surface area (Å²) in [6.45, 7) is 8.15. The second-order valence-electron chi connectivity index (χ2n) is 4.82.